The van der Waals surface area contributed by atoms with Crippen molar-refractivity contribution in [2.75, 3.05) is 32.7 Å². The van der Waals surface area contributed by atoms with Crippen LogP contribution in [0.2, 0.25) is 0 Å². The van der Waals surface area contributed by atoms with Crippen LogP contribution < -0.4 is 16.0 Å². The maximum Gasteiger partial charge on any atom is 0.408 e. The van der Waals surface area contributed by atoms with Crippen molar-refractivity contribution in [3.63, 3.8) is 0 Å². The number of amides is 2. The van der Waals surface area contributed by atoms with Gasteiger partial charge < -0.3 is 25.6 Å². The molecule has 0 radical (unpaired) electrons. The molecule has 8 nitrogen and oxygen atoms in total. The van der Waals surface area contributed by atoms with E-state index in [9.17, 15) is 9.59 Å². The minimum atomic E-state index is -0.543. The Labute approximate surface area is 176 Å². The van der Waals surface area contributed by atoms with Gasteiger partial charge in [0, 0.05) is 32.6 Å². The van der Waals surface area contributed by atoms with Gasteiger partial charge in [0.05, 0.1) is 12.1 Å². The Morgan fingerprint density at radius 3 is 2.17 bits per heavy atom. The second kappa shape index (κ2) is 11.9. The van der Waals surface area contributed by atoms with Gasteiger partial charge in [-0.15, -0.1) is 0 Å². The van der Waals surface area contributed by atoms with Crippen molar-refractivity contribution in [2.45, 2.75) is 84.8 Å². The standard InChI is InChI=1S/C21H41N5O3/c1-7-21(8-2,25-19(28)29-20(4,5)6)16-24-18(22-9-3)23-13-12-17(27)26-14-10-11-15-26/h7-16H2,1-6H3,(H,25,28)(H2,22,23,24). The molecule has 1 saturated heterocycles. The van der Waals surface area contributed by atoms with Crippen molar-refractivity contribution in [1.82, 2.24) is 20.9 Å². The lowest BCUT2D eigenvalue weighted by Gasteiger charge is -2.32. The highest BCUT2D eigenvalue weighted by atomic mass is 16.6. The lowest BCUT2D eigenvalue weighted by atomic mass is 9.93. The fraction of sp³-hybridized carbons (Fsp3) is 0.857. The summed E-state index contributed by atoms with van der Waals surface area (Å²) in [6.45, 7) is 15.0. The fourth-order valence-corrected chi connectivity index (χ4v) is 3.19. The summed E-state index contributed by atoms with van der Waals surface area (Å²) in [5.41, 5.74) is -1.02. The summed E-state index contributed by atoms with van der Waals surface area (Å²) >= 11 is 0. The zero-order valence-corrected chi connectivity index (χ0v) is 19.2. The van der Waals surface area contributed by atoms with Crippen molar-refractivity contribution >= 4 is 18.0 Å². The van der Waals surface area contributed by atoms with Crippen LogP contribution in [0.15, 0.2) is 4.99 Å². The van der Waals surface area contributed by atoms with Gasteiger partial charge in [-0.1, -0.05) is 13.8 Å². The summed E-state index contributed by atoms with van der Waals surface area (Å²) < 4.78 is 5.42. The maximum absolute atomic E-state index is 12.3. The second-order valence-electron chi connectivity index (χ2n) is 8.57. The first-order valence-corrected chi connectivity index (χ1v) is 11.0. The van der Waals surface area contributed by atoms with Gasteiger partial charge in [-0.3, -0.25) is 9.79 Å². The highest BCUT2D eigenvalue weighted by Crippen LogP contribution is 2.17. The third-order valence-electron chi connectivity index (χ3n) is 5.09. The third kappa shape index (κ3) is 9.37. The molecule has 0 aliphatic carbocycles. The molecule has 0 unspecified atom stereocenters. The molecule has 0 aromatic heterocycles. The summed E-state index contributed by atoms with van der Waals surface area (Å²) in [4.78, 5) is 31.1. The van der Waals surface area contributed by atoms with Crippen LogP contribution in [-0.2, 0) is 9.53 Å². The topological polar surface area (TPSA) is 95.1 Å². The SMILES string of the molecule is CCNC(=NCC(CC)(CC)NC(=O)OC(C)(C)C)NCCC(=O)N1CCCC1. The van der Waals surface area contributed by atoms with E-state index >= 15 is 0 Å². The Bertz CT molecular complexity index is 547. The monoisotopic (exact) mass is 411 g/mol. The summed E-state index contributed by atoms with van der Waals surface area (Å²) in [5.74, 6) is 0.841. The largest absolute Gasteiger partial charge is 0.444 e. The number of likely N-dealkylation sites (tertiary alicyclic amines) is 1. The molecule has 8 heteroatoms. The van der Waals surface area contributed by atoms with Gasteiger partial charge >= 0.3 is 6.09 Å². The molecule has 1 aliphatic rings. The molecule has 0 bridgehead atoms. The van der Waals surface area contributed by atoms with Crippen LogP contribution in [0.4, 0.5) is 4.79 Å². The molecular formula is C21H41N5O3. The minimum Gasteiger partial charge on any atom is -0.444 e. The van der Waals surface area contributed by atoms with Crippen LogP contribution in [0.3, 0.4) is 0 Å². The summed E-state index contributed by atoms with van der Waals surface area (Å²) in [6, 6.07) is 0. The molecule has 0 saturated carbocycles. The van der Waals surface area contributed by atoms with Crippen molar-refractivity contribution < 1.29 is 14.3 Å². The number of carbonyl (C=O) groups excluding carboxylic acids is 2. The van der Waals surface area contributed by atoms with Crippen LogP contribution in [0.5, 0.6) is 0 Å². The molecule has 1 fully saturated rings. The maximum atomic E-state index is 12.3. The van der Waals surface area contributed by atoms with Gasteiger partial charge in [-0.2, -0.15) is 0 Å². The number of ether oxygens (including phenoxy) is 1. The average molecular weight is 412 g/mol. The number of hydrogen-bond acceptors (Lipinski definition) is 4. The highest BCUT2D eigenvalue weighted by Gasteiger charge is 2.30. The number of alkyl carbamates (subject to hydrolysis) is 1. The van der Waals surface area contributed by atoms with Gasteiger partial charge in [-0.05, 0) is 53.4 Å². The number of rotatable bonds is 9. The molecule has 3 N–H and O–H groups in total. The van der Waals surface area contributed by atoms with E-state index in [1.807, 2.05) is 46.4 Å². The summed E-state index contributed by atoms with van der Waals surface area (Å²) in [6.07, 6.45) is 3.70. The van der Waals surface area contributed by atoms with E-state index in [1.54, 1.807) is 0 Å². The minimum absolute atomic E-state index is 0.189. The molecule has 0 spiro atoms. The van der Waals surface area contributed by atoms with E-state index in [2.05, 4.69) is 20.9 Å². The van der Waals surface area contributed by atoms with Gasteiger partial charge in [0.2, 0.25) is 5.91 Å². The molecule has 0 atom stereocenters. The molecule has 0 aromatic rings. The molecule has 1 aliphatic heterocycles. The van der Waals surface area contributed by atoms with Crippen LogP contribution >= 0.6 is 0 Å². The number of hydrogen-bond donors (Lipinski definition) is 3. The summed E-state index contributed by atoms with van der Waals surface area (Å²) in [5, 5.41) is 9.45. The number of guanidine groups is 1. The van der Waals surface area contributed by atoms with Crippen LogP contribution in [0, 0.1) is 0 Å². The van der Waals surface area contributed by atoms with Crippen LogP contribution in [-0.4, -0.2) is 66.7 Å². The number of aliphatic imine (C=N–C) groups is 1. The van der Waals surface area contributed by atoms with E-state index in [1.165, 1.54) is 0 Å². The first kappa shape index (κ1) is 25.0. The highest BCUT2D eigenvalue weighted by molar-refractivity contribution is 5.81. The third-order valence-corrected chi connectivity index (χ3v) is 5.09. The molecule has 168 valence electrons. The van der Waals surface area contributed by atoms with Crippen LogP contribution in [0.25, 0.3) is 0 Å². The quantitative estimate of drug-likeness (QED) is 0.400. The Kier molecular flexibility index (Phi) is 10.3. The van der Waals surface area contributed by atoms with Gasteiger partial charge in [0.15, 0.2) is 5.96 Å². The molecule has 0 aromatic carbocycles. The normalized spacial score (nSPS) is 15.2. The lowest BCUT2D eigenvalue weighted by molar-refractivity contribution is -0.129. The van der Waals surface area contributed by atoms with Crippen molar-refractivity contribution in [2.24, 2.45) is 4.99 Å². The fourth-order valence-electron chi connectivity index (χ4n) is 3.19. The average Bonchev–Trinajstić information content (AvgIpc) is 3.18. The first-order valence-electron chi connectivity index (χ1n) is 11.0. The van der Waals surface area contributed by atoms with E-state index < -0.39 is 17.2 Å². The number of nitrogens with one attached hydrogen (secondary N) is 3. The van der Waals surface area contributed by atoms with Crippen molar-refractivity contribution in [1.29, 1.82) is 0 Å². The summed E-state index contributed by atoms with van der Waals surface area (Å²) in [7, 11) is 0. The Balaban J connectivity index is 2.65. The number of nitrogens with zero attached hydrogens (tertiary/aromatic N) is 2. The van der Waals surface area contributed by atoms with Crippen molar-refractivity contribution in [3.8, 4) is 0 Å². The lowest BCUT2D eigenvalue weighted by Crippen LogP contribution is -2.52. The van der Waals surface area contributed by atoms with E-state index in [0.717, 1.165) is 45.3 Å². The van der Waals surface area contributed by atoms with E-state index in [-0.39, 0.29) is 5.91 Å². The Morgan fingerprint density at radius 2 is 1.66 bits per heavy atom. The number of carbonyl (C=O) groups is 2. The van der Waals surface area contributed by atoms with Gasteiger partial charge in [-0.25, -0.2) is 4.79 Å². The molecule has 29 heavy (non-hydrogen) atoms. The van der Waals surface area contributed by atoms with Gasteiger partial charge in [0.1, 0.15) is 5.60 Å². The Morgan fingerprint density at radius 1 is 1.03 bits per heavy atom. The molecule has 2 amide bonds. The van der Waals surface area contributed by atoms with Gasteiger partial charge in [0.25, 0.3) is 0 Å². The zero-order chi connectivity index (χ0) is 21.9. The smallest absolute Gasteiger partial charge is 0.408 e. The van der Waals surface area contributed by atoms with E-state index in [4.69, 9.17) is 4.74 Å². The first-order chi connectivity index (χ1) is 13.6. The molecule has 1 rings (SSSR count). The second-order valence-corrected chi connectivity index (χ2v) is 8.57. The predicted octanol–water partition coefficient (Wildman–Crippen LogP) is 2.64. The van der Waals surface area contributed by atoms with Crippen molar-refractivity contribution in [3.05, 3.63) is 0 Å². The molecular weight excluding hydrogens is 370 g/mol. The molecule has 1 heterocycles. The Hall–Kier alpha value is -1.99. The zero-order valence-electron chi connectivity index (χ0n) is 19.2. The predicted molar refractivity (Wildman–Crippen MR) is 117 cm³/mol. The van der Waals surface area contributed by atoms with E-state index in [0.29, 0.717) is 25.5 Å². The van der Waals surface area contributed by atoms with Crippen LogP contribution in [0.1, 0.15) is 73.6 Å².